The van der Waals surface area contributed by atoms with E-state index in [1.54, 1.807) is 6.07 Å². The molecule has 0 saturated carbocycles. The van der Waals surface area contributed by atoms with Crippen molar-refractivity contribution in [3.8, 4) is 0 Å². The minimum absolute atomic E-state index is 0.0393. The largest absolute Gasteiger partial charge is 0.327 e. The van der Waals surface area contributed by atoms with Gasteiger partial charge in [-0.3, -0.25) is 4.79 Å². The predicted octanol–water partition coefficient (Wildman–Crippen LogP) is 3.35. The molecular weight excluding hydrogens is 230 g/mol. The lowest BCUT2D eigenvalue weighted by molar-refractivity contribution is 0.0957. The molecule has 0 aliphatic rings. The molecule has 1 aromatic heterocycles. The standard InChI is InChI=1S/C11H16ClNOS/c1-11(2,3)9(13)6-8(14)10-7(12)4-5-15-10/h4-5,9H,6,13H2,1-3H3. The van der Waals surface area contributed by atoms with Gasteiger partial charge in [0.15, 0.2) is 5.78 Å². The lowest BCUT2D eigenvalue weighted by atomic mass is 9.84. The Morgan fingerprint density at radius 1 is 1.60 bits per heavy atom. The van der Waals surface area contributed by atoms with Crippen LogP contribution in [0.2, 0.25) is 5.02 Å². The van der Waals surface area contributed by atoms with Crippen LogP contribution in [0, 0.1) is 5.41 Å². The van der Waals surface area contributed by atoms with Gasteiger partial charge in [-0.2, -0.15) is 0 Å². The number of thiophene rings is 1. The highest BCUT2D eigenvalue weighted by Gasteiger charge is 2.24. The summed E-state index contributed by atoms with van der Waals surface area (Å²) in [6.45, 7) is 6.09. The molecule has 1 atom stereocenters. The Balaban J connectivity index is 2.69. The summed E-state index contributed by atoms with van der Waals surface area (Å²) < 4.78 is 0. The van der Waals surface area contributed by atoms with E-state index in [1.807, 2.05) is 26.2 Å². The van der Waals surface area contributed by atoms with Crippen LogP contribution in [0.5, 0.6) is 0 Å². The van der Waals surface area contributed by atoms with Crippen LogP contribution in [0.15, 0.2) is 11.4 Å². The smallest absolute Gasteiger partial charge is 0.175 e. The van der Waals surface area contributed by atoms with Gasteiger partial charge in [-0.15, -0.1) is 11.3 Å². The van der Waals surface area contributed by atoms with Crippen LogP contribution in [-0.4, -0.2) is 11.8 Å². The molecule has 2 N–H and O–H groups in total. The Bertz CT molecular complexity index is 354. The van der Waals surface area contributed by atoms with E-state index in [0.29, 0.717) is 16.3 Å². The molecule has 1 rings (SSSR count). The number of ketones is 1. The highest BCUT2D eigenvalue weighted by molar-refractivity contribution is 7.12. The first kappa shape index (κ1) is 12.7. The summed E-state index contributed by atoms with van der Waals surface area (Å²) in [6.07, 6.45) is 0.351. The number of hydrogen-bond donors (Lipinski definition) is 1. The Labute approximate surface area is 99.4 Å². The maximum atomic E-state index is 11.8. The molecule has 15 heavy (non-hydrogen) atoms. The van der Waals surface area contributed by atoms with Gasteiger partial charge >= 0.3 is 0 Å². The number of halogens is 1. The molecular formula is C11H16ClNOS. The average Bonchev–Trinajstić information content (AvgIpc) is 2.49. The molecule has 1 aromatic rings. The zero-order valence-corrected chi connectivity index (χ0v) is 10.8. The van der Waals surface area contributed by atoms with Crippen molar-refractivity contribution in [2.75, 3.05) is 0 Å². The van der Waals surface area contributed by atoms with Crippen molar-refractivity contribution in [2.45, 2.75) is 33.2 Å². The van der Waals surface area contributed by atoms with E-state index in [-0.39, 0.29) is 17.2 Å². The topological polar surface area (TPSA) is 43.1 Å². The summed E-state index contributed by atoms with van der Waals surface area (Å²) in [4.78, 5) is 12.5. The number of carbonyl (C=O) groups is 1. The van der Waals surface area contributed by atoms with Gasteiger partial charge in [0.1, 0.15) is 0 Å². The van der Waals surface area contributed by atoms with Crippen molar-refractivity contribution in [1.82, 2.24) is 0 Å². The lowest BCUT2D eigenvalue weighted by Gasteiger charge is -2.26. The Hall–Kier alpha value is -0.380. The number of nitrogens with two attached hydrogens (primary N) is 1. The van der Waals surface area contributed by atoms with Gasteiger partial charge in [0.2, 0.25) is 0 Å². The van der Waals surface area contributed by atoms with Gasteiger partial charge in [-0.05, 0) is 16.9 Å². The summed E-state index contributed by atoms with van der Waals surface area (Å²) in [5.41, 5.74) is 5.89. The Morgan fingerprint density at radius 2 is 2.20 bits per heavy atom. The van der Waals surface area contributed by atoms with Gasteiger partial charge in [0.05, 0.1) is 9.90 Å². The molecule has 0 fully saturated rings. The number of hydrogen-bond acceptors (Lipinski definition) is 3. The fraction of sp³-hybridized carbons (Fsp3) is 0.545. The van der Waals surface area contributed by atoms with E-state index < -0.39 is 0 Å². The van der Waals surface area contributed by atoms with Crippen molar-refractivity contribution in [3.63, 3.8) is 0 Å². The molecule has 0 radical (unpaired) electrons. The molecule has 1 heterocycles. The minimum atomic E-state index is -0.136. The number of rotatable bonds is 3. The Kier molecular flexibility index (Phi) is 3.93. The minimum Gasteiger partial charge on any atom is -0.327 e. The van der Waals surface area contributed by atoms with E-state index in [4.69, 9.17) is 17.3 Å². The molecule has 2 nitrogen and oxygen atoms in total. The predicted molar refractivity (Wildman–Crippen MR) is 65.7 cm³/mol. The lowest BCUT2D eigenvalue weighted by Crippen LogP contribution is -2.36. The maximum Gasteiger partial charge on any atom is 0.175 e. The molecule has 0 bridgehead atoms. The second-order valence-electron chi connectivity index (χ2n) is 4.70. The van der Waals surface area contributed by atoms with Gasteiger partial charge in [-0.1, -0.05) is 32.4 Å². The molecule has 1 unspecified atom stereocenters. The van der Waals surface area contributed by atoms with Gasteiger partial charge in [-0.25, -0.2) is 0 Å². The maximum absolute atomic E-state index is 11.8. The first-order valence-corrected chi connectivity index (χ1v) is 6.10. The molecule has 0 spiro atoms. The Morgan fingerprint density at radius 3 is 2.60 bits per heavy atom. The summed E-state index contributed by atoms with van der Waals surface area (Å²) in [5, 5.41) is 2.35. The van der Waals surface area contributed by atoms with Crippen molar-refractivity contribution < 1.29 is 4.79 Å². The molecule has 0 amide bonds. The third-order valence-corrected chi connectivity index (χ3v) is 3.77. The number of carbonyl (C=O) groups excluding carboxylic acids is 1. The number of Topliss-reactive ketones (excluding diaryl/α,β-unsaturated/α-hetero) is 1. The van der Waals surface area contributed by atoms with E-state index in [0.717, 1.165) is 0 Å². The quantitative estimate of drug-likeness (QED) is 0.830. The summed E-state index contributed by atoms with van der Waals surface area (Å²) in [6, 6.07) is 1.60. The third kappa shape index (κ3) is 3.30. The van der Waals surface area contributed by atoms with Crippen LogP contribution in [0.4, 0.5) is 0 Å². The highest BCUT2D eigenvalue weighted by Crippen LogP contribution is 2.26. The SMILES string of the molecule is CC(C)(C)C(N)CC(=O)c1sccc1Cl. The molecule has 0 aliphatic heterocycles. The van der Waals surface area contributed by atoms with Gasteiger partial charge < -0.3 is 5.73 Å². The van der Waals surface area contributed by atoms with Crippen LogP contribution >= 0.6 is 22.9 Å². The second-order valence-corrected chi connectivity index (χ2v) is 6.02. The first-order valence-electron chi connectivity index (χ1n) is 4.84. The molecule has 0 aliphatic carbocycles. The van der Waals surface area contributed by atoms with Crippen LogP contribution < -0.4 is 5.73 Å². The van der Waals surface area contributed by atoms with E-state index in [1.165, 1.54) is 11.3 Å². The third-order valence-electron chi connectivity index (χ3n) is 2.39. The van der Waals surface area contributed by atoms with Crippen LogP contribution in [0.3, 0.4) is 0 Å². The zero-order valence-electron chi connectivity index (χ0n) is 9.21. The van der Waals surface area contributed by atoms with Crippen molar-refractivity contribution in [2.24, 2.45) is 11.1 Å². The van der Waals surface area contributed by atoms with Crippen LogP contribution in [0.1, 0.15) is 36.9 Å². The van der Waals surface area contributed by atoms with Gasteiger partial charge in [0.25, 0.3) is 0 Å². The van der Waals surface area contributed by atoms with Crippen molar-refractivity contribution >= 4 is 28.7 Å². The zero-order chi connectivity index (χ0) is 11.6. The highest BCUT2D eigenvalue weighted by atomic mass is 35.5. The average molecular weight is 246 g/mol. The monoisotopic (exact) mass is 245 g/mol. The van der Waals surface area contributed by atoms with E-state index >= 15 is 0 Å². The van der Waals surface area contributed by atoms with Crippen molar-refractivity contribution in [1.29, 1.82) is 0 Å². The van der Waals surface area contributed by atoms with E-state index in [2.05, 4.69) is 0 Å². The fourth-order valence-corrected chi connectivity index (χ4v) is 2.20. The van der Waals surface area contributed by atoms with Crippen LogP contribution in [-0.2, 0) is 0 Å². The summed E-state index contributed by atoms with van der Waals surface area (Å²) >= 11 is 7.25. The van der Waals surface area contributed by atoms with Crippen molar-refractivity contribution in [3.05, 3.63) is 21.3 Å². The second kappa shape index (κ2) is 4.64. The normalized spacial score (nSPS) is 13.9. The summed E-state index contributed by atoms with van der Waals surface area (Å²) in [5.74, 6) is 0.0393. The summed E-state index contributed by atoms with van der Waals surface area (Å²) in [7, 11) is 0. The van der Waals surface area contributed by atoms with Crippen LogP contribution in [0.25, 0.3) is 0 Å². The molecule has 0 aromatic carbocycles. The van der Waals surface area contributed by atoms with Gasteiger partial charge in [0, 0.05) is 12.5 Å². The molecule has 84 valence electrons. The first-order chi connectivity index (χ1) is 6.82. The molecule has 0 saturated heterocycles. The van der Waals surface area contributed by atoms with E-state index in [9.17, 15) is 4.79 Å². The molecule has 4 heteroatoms. The fourth-order valence-electron chi connectivity index (χ4n) is 1.09.